The van der Waals surface area contributed by atoms with Crippen LogP contribution >= 0.6 is 0 Å². The van der Waals surface area contributed by atoms with Crippen molar-refractivity contribution in [3.05, 3.63) is 176 Å². The van der Waals surface area contributed by atoms with E-state index in [-0.39, 0.29) is 0 Å². The number of benzene rings is 7. The number of rotatable bonds is 4. The van der Waals surface area contributed by atoms with Crippen molar-refractivity contribution in [1.82, 2.24) is 14.1 Å². The van der Waals surface area contributed by atoms with Crippen molar-refractivity contribution in [1.29, 1.82) is 0 Å². The van der Waals surface area contributed by atoms with Crippen LogP contribution in [-0.2, 0) is 0 Å². The van der Waals surface area contributed by atoms with Crippen molar-refractivity contribution in [2.24, 2.45) is 0 Å². The lowest BCUT2D eigenvalue weighted by Gasteiger charge is -2.13. The van der Waals surface area contributed by atoms with Gasteiger partial charge in [-0.05, 0) is 60.7 Å². The van der Waals surface area contributed by atoms with E-state index in [1.54, 1.807) is 0 Å². The molecule has 0 aliphatic carbocycles. The molecule has 0 spiro atoms. The molecule has 7 aromatic carbocycles. The van der Waals surface area contributed by atoms with E-state index < -0.39 is 0 Å². The Labute approximate surface area is 293 Å². The number of hydrogen-bond acceptors (Lipinski definition) is 2. The fraction of sp³-hybridized carbons (Fsp3) is 0. The lowest BCUT2D eigenvalue weighted by Crippen LogP contribution is -1.98. The van der Waals surface area contributed by atoms with Crippen LogP contribution in [0, 0.1) is 0 Å². The van der Waals surface area contributed by atoms with Crippen molar-refractivity contribution in [2.45, 2.75) is 0 Å². The zero-order valence-corrected chi connectivity index (χ0v) is 27.5. The number of aromatic nitrogens is 3. The Morgan fingerprint density at radius 3 is 1.29 bits per heavy atom. The van der Waals surface area contributed by atoms with Gasteiger partial charge in [0, 0.05) is 38.4 Å². The van der Waals surface area contributed by atoms with Gasteiger partial charge in [0.05, 0.1) is 49.9 Å². The molecule has 0 fully saturated rings. The summed E-state index contributed by atoms with van der Waals surface area (Å²) >= 11 is 0. The molecule has 11 rings (SSSR count). The first-order valence-electron chi connectivity index (χ1n) is 17.3. The molecule has 0 radical (unpaired) electrons. The normalized spacial score (nSPS) is 11.9. The second-order valence-corrected chi connectivity index (χ2v) is 13.1. The molecule has 238 valence electrons. The SMILES string of the molecule is c1ccc(-c2cc(-n3c4ccccc4c4c5oc6c(ccc7c6c6ccccc6n7-c6ccccc6)c5ccc43)cc(-c3ccccc3)n2)cc1. The molecule has 0 N–H and O–H groups in total. The van der Waals surface area contributed by atoms with Gasteiger partial charge in [0.2, 0.25) is 0 Å². The monoisotopic (exact) mass is 651 g/mol. The number of fused-ring (bicyclic) bond motifs is 11. The summed E-state index contributed by atoms with van der Waals surface area (Å²) in [5.41, 5.74) is 12.5. The van der Waals surface area contributed by atoms with Gasteiger partial charge < -0.3 is 13.6 Å². The molecule has 0 amide bonds. The van der Waals surface area contributed by atoms with E-state index in [4.69, 9.17) is 9.40 Å². The average Bonchev–Trinajstić information content (AvgIpc) is 3.86. The minimum atomic E-state index is 0.905. The van der Waals surface area contributed by atoms with Crippen LogP contribution in [0.2, 0.25) is 0 Å². The highest BCUT2D eigenvalue weighted by atomic mass is 16.3. The van der Waals surface area contributed by atoms with Crippen molar-refractivity contribution in [3.63, 3.8) is 0 Å². The first kappa shape index (κ1) is 28.0. The van der Waals surface area contributed by atoms with Gasteiger partial charge in [0.15, 0.2) is 0 Å². The van der Waals surface area contributed by atoms with Crippen molar-refractivity contribution < 1.29 is 4.42 Å². The summed E-state index contributed by atoms with van der Waals surface area (Å²) in [5.74, 6) is 0. The van der Waals surface area contributed by atoms with Crippen LogP contribution in [0.3, 0.4) is 0 Å². The third-order valence-corrected chi connectivity index (χ3v) is 10.3. The summed E-state index contributed by atoms with van der Waals surface area (Å²) in [6.07, 6.45) is 0. The van der Waals surface area contributed by atoms with Crippen LogP contribution in [0.15, 0.2) is 180 Å². The minimum Gasteiger partial charge on any atom is -0.455 e. The van der Waals surface area contributed by atoms with Crippen LogP contribution in [0.5, 0.6) is 0 Å². The summed E-state index contributed by atoms with van der Waals surface area (Å²) in [6.45, 7) is 0. The maximum absolute atomic E-state index is 7.14. The van der Waals surface area contributed by atoms with Gasteiger partial charge in [-0.15, -0.1) is 0 Å². The standard InChI is InChI=1S/C47H29N3O/c1-4-14-30(15-5-1)38-28-33(29-39(48-38)31-16-6-2-7-17-31)50-41-23-13-11-21-37(41)45-43(50)27-25-35-34-24-26-42-44(46(34)51-47(35)45)36-20-10-12-22-40(36)49(42)32-18-8-3-9-19-32/h1-29H. The van der Waals surface area contributed by atoms with Crippen molar-refractivity contribution in [3.8, 4) is 33.9 Å². The fourth-order valence-electron chi connectivity index (χ4n) is 8.09. The number of pyridine rings is 1. The van der Waals surface area contributed by atoms with E-state index in [0.29, 0.717) is 0 Å². The van der Waals surface area contributed by atoms with Crippen LogP contribution in [0.1, 0.15) is 0 Å². The second kappa shape index (κ2) is 10.8. The first-order valence-corrected chi connectivity index (χ1v) is 17.3. The largest absolute Gasteiger partial charge is 0.455 e. The predicted molar refractivity (Wildman–Crippen MR) is 211 cm³/mol. The number of nitrogens with zero attached hydrogens (tertiary/aromatic N) is 3. The summed E-state index contributed by atoms with van der Waals surface area (Å²) in [5, 5.41) is 6.81. The van der Waals surface area contributed by atoms with Gasteiger partial charge in [-0.2, -0.15) is 0 Å². The van der Waals surface area contributed by atoms with E-state index in [2.05, 4.69) is 173 Å². The van der Waals surface area contributed by atoms with Crippen LogP contribution in [-0.4, -0.2) is 14.1 Å². The van der Waals surface area contributed by atoms with Gasteiger partial charge in [0.25, 0.3) is 0 Å². The van der Waals surface area contributed by atoms with E-state index >= 15 is 0 Å². The highest BCUT2D eigenvalue weighted by Gasteiger charge is 2.23. The molecule has 4 nitrogen and oxygen atoms in total. The molecule has 0 aliphatic heterocycles. The average molecular weight is 652 g/mol. The van der Waals surface area contributed by atoms with E-state index in [1.165, 1.54) is 5.39 Å². The fourth-order valence-corrected chi connectivity index (χ4v) is 8.09. The zero-order valence-electron chi connectivity index (χ0n) is 27.5. The summed E-state index contributed by atoms with van der Waals surface area (Å²) in [6, 6.07) is 62.1. The van der Waals surface area contributed by atoms with Crippen molar-refractivity contribution in [2.75, 3.05) is 0 Å². The lowest BCUT2D eigenvalue weighted by molar-refractivity contribution is 0.677. The Balaban J connectivity index is 1.23. The van der Waals surface area contributed by atoms with Gasteiger partial charge in [-0.1, -0.05) is 115 Å². The molecule has 0 bridgehead atoms. The maximum Gasteiger partial charge on any atom is 0.145 e. The van der Waals surface area contributed by atoms with Gasteiger partial charge >= 0.3 is 0 Å². The summed E-state index contributed by atoms with van der Waals surface area (Å²) < 4.78 is 11.9. The smallest absolute Gasteiger partial charge is 0.145 e. The topological polar surface area (TPSA) is 35.9 Å². The van der Waals surface area contributed by atoms with Crippen LogP contribution in [0.25, 0.3) is 99.4 Å². The molecular formula is C47H29N3O. The highest BCUT2D eigenvalue weighted by molar-refractivity contribution is 6.29. The van der Waals surface area contributed by atoms with E-state index in [1.807, 2.05) is 12.1 Å². The molecule has 0 saturated carbocycles. The van der Waals surface area contributed by atoms with Gasteiger partial charge in [-0.3, -0.25) is 0 Å². The molecule has 11 aromatic rings. The van der Waals surface area contributed by atoms with E-state index in [0.717, 1.165) is 94.1 Å². The molecular weight excluding hydrogens is 623 g/mol. The van der Waals surface area contributed by atoms with Crippen LogP contribution in [0.4, 0.5) is 0 Å². The summed E-state index contributed by atoms with van der Waals surface area (Å²) in [4.78, 5) is 5.17. The zero-order chi connectivity index (χ0) is 33.5. The van der Waals surface area contributed by atoms with E-state index in [9.17, 15) is 0 Å². The van der Waals surface area contributed by atoms with Gasteiger partial charge in [0.1, 0.15) is 11.2 Å². The first-order chi connectivity index (χ1) is 25.3. The third kappa shape index (κ3) is 4.11. The number of furan rings is 1. The Morgan fingerprint density at radius 1 is 0.353 bits per heavy atom. The lowest BCUT2D eigenvalue weighted by atomic mass is 10.1. The maximum atomic E-state index is 7.14. The predicted octanol–water partition coefficient (Wildman–Crippen LogP) is 12.5. The molecule has 4 heteroatoms. The Hall–Kier alpha value is -6.91. The molecule has 0 unspecified atom stereocenters. The minimum absolute atomic E-state index is 0.905. The summed E-state index contributed by atoms with van der Waals surface area (Å²) in [7, 11) is 0. The van der Waals surface area contributed by atoms with Crippen LogP contribution < -0.4 is 0 Å². The Kier molecular flexibility index (Phi) is 5.92. The Morgan fingerprint density at radius 2 is 0.784 bits per heavy atom. The molecule has 0 saturated heterocycles. The van der Waals surface area contributed by atoms with Gasteiger partial charge in [-0.25, -0.2) is 4.98 Å². The molecule has 0 aliphatic rings. The highest BCUT2D eigenvalue weighted by Crippen LogP contribution is 2.45. The molecule has 4 aromatic heterocycles. The third-order valence-electron chi connectivity index (χ3n) is 10.3. The van der Waals surface area contributed by atoms with Crippen molar-refractivity contribution >= 4 is 65.6 Å². The molecule has 4 heterocycles. The second-order valence-electron chi connectivity index (χ2n) is 13.1. The molecule has 51 heavy (non-hydrogen) atoms. The Bertz CT molecular complexity index is 3060. The molecule has 0 atom stereocenters. The quantitative estimate of drug-likeness (QED) is 0.190. The number of hydrogen-bond donors (Lipinski definition) is 0. The number of para-hydroxylation sites is 3.